The number of rotatable bonds is 5. The summed E-state index contributed by atoms with van der Waals surface area (Å²) in [7, 11) is -1.67. The summed E-state index contributed by atoms with van der Waals surface area (Å²) in [6.07, 6.45) is 5.15. The second-order valence-electron chi connectivity index (χ2n) is 6.06. The molecule has 1 aliphatic rings. The maximum absolute atomic E-state index is 12.5. The van der Waals surface area contributed by atoms with E-state index in [9.17, 15) is 13.2 Å². The van der Waals surface area contributed by atoms with E-state index in [1.54, 1.807) is 42.4 Å². The minimum Gasteiger partial charge on any atom is -0.497 e. The van der Waals surface area contributed by atoms with Gasteiger partial charge in [-0.3, -0.25) is 9.52 Å². The van der Waals surface area contributed by atoms with Gasteiger partial charge in [-0.2, -0.15) is 0 Å². The predicted molar refractivity (Wildman–Crippen MR) is 103 cm³/mol. The summed E-state index contributed by atoms with van der Waals surface area (Å²) in [5, 5.41) is 0. The van der Waals surface area contributed by atoms with Gasteiger partial charge in [0, 0.05) is 24.0 Å². The summed E-state index contributed by atoms with van der Waals surface area (Å²) in [4.78, 5) is 14.2. The molecule has 1 aliphatic heterocycles. The van der Waals surface area contributed by atoms with Crippen molar-refractivity contribution in [2.75, 3.05) is 29.5 Å². The molecule has 7 heteroatoms. The molecular weight excluding hydrogens is 352 g/mol. The smallest absolute Gasteiger partial charge is 0.251 e. The van der Waals surface area contributed by atoms with E-state index in [2.05, 4.69) is 4.72 Å². The topological polar surface area (TPSA) is 75.7 Å². The minimum atomic E-state index is -3.30. The third kappa shape index (κ3) is 4.23. The first kappa shape index (κ1) is 18.0. The van der Waals surface area contributed by atoms with Crippen LogP contribution in [0.5, 0.6) is 5.75 Å². The molecule has 1 heterocycles. The summed E-state index contributed by atoms with van der Waals surface area (Å²) in [5.74, 6) is 0.698. The third-order valence-corrected chi connectivity index (χ3v) is 4.69. The lowest BCUT2D eigenvalue weighted by atomic mass is 10.1. The molecular formula is C19H20N2O4S. The third-order valence-electron chi connectivity index (χ3n) is 4.08. The predicted octanol–water partition coefficient (Wildman–Crippen LogP) is 2.67. The number of carbonyl (C=O) groups is 1. The lowest BCUT2D eigenvalue weighted by molar-refractivity contribution is -0.114. The number of hydrogen-bond donors (Lipinski definition) is 1. The van der Waals surface area contributed by atoms with Gasteiger partial charge in [0.15, 0.2) is 0 Å². The Labute approximate surface area is 153 Å². The van der Waals surface area contributed by atoms with Crippen LogP contribution in [-0.4, -0.2) is 34.2 Å². The summed E-state index contributed by atoms with van der Waals surface area (Å²) in [6.45, 7) is 0.642. The Balaban J connectivity index is 1.69. The van der Waals surface area contributed by atoms with Crippen molar-refractivity contribution in [3.05, 3.63) is 59.7 Å². The normalized spacial score (nSPS) is 13.7. The van der Waals surface area contributed by atoms with Gasteiger partial charge in [-0.15, -0.1) is 0 Å². The van der Waals surface area contributed by atoms with E-state index in [1.807, 2.05) is 18.2 Å². The van der Waals surface area contributed by atoms with E-state index in [0.29, 0.717) is 12.2 Å². The average molecular weight is 372 g/mol. The number of anilines is 2. The van der Waals surface area contributed by atoms with Crippen molar-refractivity contribution in [1.82, 2.24) is 0 Å². The molecule has 0 radical (unpaired) electrons. The standard InChI is InChI=1S/C19H20N2O4S/c1-25-17-8-9-18-15(13-17)11-12-21(18)19(22)10-5-14-3-6-16(7-4-14)20-26(2,23)24/h3-10,13,20H,11-12H2,1-2H3/b10-5+. The van der Waals surface area contributed by atoms with Gasteiger partial charge >= 0.3 is 0 Å². The van der Waals surface area contributed by atoms with Crippen molar-refractivity contribution in [1.29, 1.82) is 0 Å². The van der Waals surface area contributed by atoms with E-state index >= 15 is 0 Å². The van der Waals surface area contributed by atoms with Crippen LogP contribution >= 0.6 is 0 Å². The van der Waals surface area contributed by atoms with Crippen molar-refractivity contribution in [3.63, 3.8) is 0 Å². The number of ether oxygens (including phenoxy) is 1. The molecule has 136 valence electrons. The highest BCUT2D eigenvalue weighted by molar-refractivity contribution is 7.92. The van der Waals surface area contributed by atoms with Crippen LogP contribution in [0.4, 0.5) is 11.4 Å². The molecule has 0 bridgehead atoms. The average Bonchev–Trinajstić information content (AvgIpc) is 3.02. The fraction of sp³-hybridized carbons (Fsp3) is 0.211. The second-order valence-corrected chi connectivity index (χ2v) is 7.81. The van der Waals surface area contributed by atoms with Gasteiger partial charge in [0.25, 0.3) is 5.91 Å². The molecule has 0 fully saturated rings. The maximum Gasteiger partial charge on any atom is 0.251 e. The Hall–Kier alpha value is -2.80. The van der Waals surface area contributed by atoms with Crippen molar-refractivity contribution >= 4 is 33.4 Å². The Morgan fingerprint density at radius 1 is 1.19 bits per heavy atom. The first-order valence-corrected chi connectivity index (χ1v) is 9.99. The van der Waals surface area contributed by atoms with Crippen molar-refractivity contribution in [3.8, 4) is 5.75 Å². The molecule has 0 atom stereocenters. The summed E-state index contributed by atoms with van der Waals surface area (Å²) >= 11 is 0. The van der Waals surface area contributed by atoms with E-state index in [1.165, 1.54) is 6.08 Å². The van der Waals surface area contributed by atoms with Crippen LogP contribution in [0.15, 0.2) is 48.5 Å². The van der Waals surface area contributed by atoms with Crippen LogP contribution in [0.3, 0.4) is 0 Å². The maximum atomic E-state index is 12.5. The highest BCUT2D eigenvalue weighted by atomic mass is 32.2. The number of methoxy groups -OCH3 is 1. The molecule has 0 saturated heterocycles. The number of carbonyl (C=O) groups excluding carboxylic acids is 1. The largest absolute Gasteiger partial charge is 0.497 e. The number of hydrogen-bond acceptors (Lipinski definition) is 4. The fourth-order valence-electron chi connectivity index (χ4n) is 2.87. The van der Waals surface area contributed by atoms with Crippen LogP contribution in [0, 0.1) is 0 Å². The van der Waals surface area contributed by atoms with E-state index in [4.69, 9.17) is 4.74 Å². The number of sulfonamides is 1. The second kappa shape index (κ2) is 7.21. The molecule has 2 aromatic rings. The van der Waals surface area contributed by atoms with Gasteiger partial charge in [-0.1, -0.05) is 12.1 Å². The molecule has 1 amide bonds. The molecule has 0 aromatic heterocycles. The highest BCUT2D eigenvalue weighted by Gasteiger charge is 2.23. The Kier molecular flexibility index (Phi) is 4.99. The fourth-order valence-corrected chi connectivity index (χ4v) is 3.43. The number of nitrogens with one attached hydrogen (secondary N) is 1. The monoisotopic (exact) mass is 372 g/mol. The molecule has 0 spiro atoms. The highest BCUT2D eigenvalue weighted by Crippen LogP contribution is 2.31. The SMILES string of the molecule is COc1ccc2c(c1)CCN2C(=O)/C=C/c1ccc(NS(C)(=O)=O)cc1. The van der Waals surface area contributed by atoms with E-state index in [0.717, 1.165) is 35.2 Å². The van der Waals surface area contributed by atoms with Gasteiger partial charge in [0.2, 0.25) is 10.0 Å². The van der Waals surface area contributed by atoms with Crippen molar-refractivity contribution in [2.45, 2.75) is 6.42 Å². The van der Waals surface area contributed by atoms with Gasteiger partial charge in [-0.25, -0.2) is 8.42 Å². The molecule has 26 heavy (non-hydrogen) atoms. The van der Waals surface area contributed by atoms with Gasteiger partial charge in [0.05, 0.1) is 13.4 Å². The van der Waals surface area contributed by atoms with Crippen LogP contribution in [0.25, 0.3) is 6.08 Å². The molecule has 6 nitrogen and oxygen atoms in total. The van der Waals surface area contributed by atoms with Crippen LogP contribution in [-0.2, 0) is 21.2 Å². The first-order chi connectivity index (χ1) is 12.4. The Morgan fingerprint density at radius 3 is 2.58 bits per heavy atom. The van der Waals surface area contributed by atoms with Crippen LogP contribution in [0.2, 0.25) is 0 Å². The number of benzene rings is 2. The number of fused-ring (bicyclic) bond motifs is 1. The Bertz CT molecular complexity index is 950. The van der Waals surface area contributed by atoms with Gasteiger partial charge < -0.3 is 9.64 Å². The van der Waals surface area contributed by atoms with Crippen molar-refractivity contribution in [2.24, 2.45) is 0 Å². The molecule has 0 aliphatic carbocycles. The lowest BCUT2D eigenvalue weighted by Gasteiger charge is -2.15. The molecule has 0 unspecified atom stereocenters. The minimum absolute atomic E-state index is 0.0905. The van der Waals surface area contributed by atoms with Crippen LogP contribution < -0.4 is 14.4 Å². The number of amides is 1. The zero-order chi connectivity index (χ0) is 18.7. The lowest BCUT2D eigenvalue weighted by Crippen LogP contribution is -2.26. The van der Waals surface area contributed by atoms with Gasteiger partial charge in [-0.05, 0) is 54.0 Å². The molecule has 3 rings (SSSR count). The summed E-state index contributed by atoms with van der Waals surface area (Å²) < 4.78 is 30.0. The zero-order valence-corrected chi connectivity index (χ0v) is 15.4. The van der Waals surface area contributed by atoms with E-state index in [-0.39, 0.29) is 5.91 Å². The van der Waals surface area contributed by atoms with Crippen molar-refractivity contribution < 1.29 is 17.9 Å². The first-order valence-electron chi connectivity index (χ1n) is 8.10. The summed E-state index contributed by atoms with van der Waals surface area (Å²) in [6, 6.07) is 12.5. The molecule has 1 N–H and O–H groups in total. The van der Waals surface area contributed by atoms with E-state index < -0.39 is 10.0 Å². The quantitative estimate of drug-likeness (QED) is 0.819. The summed E-state index contributed by atoms with van der Waals surface area (Å²) in [5.41, 5.74) is 3.31. The van der Waals surface area contributed by atoms with Crippen LogP contribution in [0.1, 0.15) is 11.1 Å². The number of nitrogens with zero attached hydrogens (tertiary/aromatic N) is 1. The zero-order valence-electron chi connectivity index (χ0n) is 14.6. The molecule has 0 saturated carbocycles. The molecule has 2 aromatic carbocycles. The van der Waals surface area contributed by atoms with Gasteiger partial charge in [0.1, 0.15) is 5.75 Å². The Morgan fingerprint density at radius 2 is 1.92 bits per heavy atom.